The minimum Gasteiger partial charge on any atom is -0.393 e. The normalized spacial score (nSPS) is 18.7. The van der Waals surface area contributed by atoms with Crippen LogP contribution in [0.15, 0.2) is 24.3 Å². The van der Waals surface area contributed by atoms with Gasteiger partial charge in [-0.1, -0.05) is 43.4 Å². The Labute approximate surface area is 132 Å². The van der Waals surface area contributed by atoms with Gasteiger partial charge in [-0.3, -0.25) is 4.79 Å². The monoisotopic (exact) mass is 304 g/mol. The summed E-state index contributed by atoms with van der Waals surface area (Å²) in [5, 5.41) is 0. The van der Waals surface area contributed by atoms with Crippen LogP contribution in [0, 0.1) is 5.92 Å². The van der Waals surface area contributed by atoms with Crippen LogP contribution in [0.3, 0.4) is 0 Å². The topological polar surface area (TPSA) is 46.3 Å². The number of thiocarbonyl (C=S) groups is 1. The lowest BCUT2D eigenvalue weighted by atomic mass is 9.82. The van der Waals surface area contributed by atoms with E-state index in [-0.39, 0.29) is 17.7 Å². The summed E-state index contributed by atoms with van der Waals surface area (Å²) in [6, 6.07) is 8.32. The molecule has 114 valence electrons. The van der Waals surface area contributed by atoms with E-state index in [0.717, 1.165) is 19.3 Å². The number of nitrogens with two attached hydrogens (primary N) is 1. The Kier molecular flexibility index (Phi) is 5.34. The van der Waals surface area contributed by atoms with E-state index < -0.39 is 0 Å². The second kappa shape index (κ2) is 7.03. The molecule has 4 heteroatoms. The largest absolute Gasteiger partial charge is 0.393 e. The number of fused-ring (bicyclic) bond motifs is 1. The van der Waals surface area contributed by atoms with Crippen LogP contribution in [0.25, 0.3) is 0 Å². The number of carbonyl (C=O) groups is 1. The van der Waals surface area contributed by atoms with Gasteiger partial charge >= 0.3 is 0 Å². The van der Waals surface area contributed by atoms with E-state index in [1.807, 2.05) is 24.8 Å². The first-order chi connectivity index (χ1) is 10.0. The molecule has 2 N–H and O–H groups in total. The van der Waals surface area contributed by atoms with Crippen molar-refractivity contribution in [2.24, 2.45) is 11.7 Å². The summed E-state index contributed by atoms with van der Waals surface area (Å²) in [6.07, 6.45) is 3.10. The first kappa shape index (κ1) is 16.0. The third-order valence-electron chi connectivity index (χ3n) is 4.34. The van der Waals surface area contributed by atoms with Gasteiger partial charge in [0, 0.05) is 19.0 Å². The lowest BCUT2D eigenvalue weighted by molar-refractivity contribution is -0.133. The molecule has 0 spiro atoms. The Morgan fingerprint density at radius 2 is 2.19 bits per heavy atom. The zero-order chi connectivity index (χ0) is 15.4. The first-order valence-electron chi connectivity index (χ1n) is 7.70. The van der Waals surface area contributed by atoms with Gasteiger partial charge in [0.25, 0.3) is 0 Å². The van der Waals surface area contributed by atoms with Crippen LogP contribution in [-0.2, 0) is 11.2 Å². The Bertz CT molecular complexity index is 529. The smallest absolute Gasteiger partial charge is 0.230 e. The zero-order valence-electron chi connectivity index (χ0n) is 12.8. The number of aryl methyl sites for hydroxylation is 1. The highest BCUT2D eigenvalue weighted by Gasteiger charge is 2.29. The van der Waals surface area contributed by atoms with Crippen molar-refractivity contribution in [2.75, 3.05) is 13.1 Å². The molecule has 0 saturated carbocycles. The quantitative estimate of drug-likeness (QED) is 0.851. The summed E-state index contributed by atoms with van der Waals surface area (Å²) < 4.78 is 0. The van der Waals surface area contributed by atoms with Crippen LogP contribution in [0.5, 0.6) is 0 Å². The van der Waals surface area contributed by atoms with Gasteiger partial charge in [0.2, 0.25) is 5.91 Å². The fourth-order valence-corrected chi connectivity index (χ4v) is 3.10. The molecule has 2 atom stereocenters. The summed E-state index contributed by atoms with van der Waals surface area (Å²) in [5.41, 5.74) is 8.21. The molecule has 0 radical (unpaired) electrons. The van der Waals surface area contributed by atoms with Crippen molar-refractivity contribution in [2.45, 2.75) is 39.0 Å². The van der Waals surface area contributed by atoms with Crippen LogP contribution < -0.4 is 5.73 Å². The summed E-state index contributed by atoms with van der Waals surface area (Å²) in [6.45, 7) is 5.31. The number of carbonyl (C=O) groups excluding carboxylic acids is 1. The molecule has 0 aliphatic heterocycles. The molecule has 3 nitrogen and oxygen atoms in total. The highest BCUT2D eigenvalue weighted by atomic mass is 32.1. The second-order valence-corrected chi connectivity index (χ2v) is 6.30. The van der Waals surface area contributed by atoms with Crippen molar-refractivity contribution < 1.29 is 4.79 Å². The molecule has 1 amide bonds. The van der Waals surface area contributed by atoms with E-state index in [2.05, 4.69) is 18.2 Å². The van der Waals surface area contributed by atoms with E-state index in [4.69, 9.17) is 18.0 Å². The van der Waals surface area contributed by atoms with Crippen LogP contribution in [0.2, 0.25) is 0 Å². The van der Waals surface area contributed by atoms with E-state index in [9.17, 15) is 4.79 Å². The number of benzene rings is 1. The predicted molar refractivity (Wildman–Crippen MR) is 90.3 cm³/mol. The number of hydrogen-bond acceptors (Lipinski definition) is 2. The molecule has 2 rings (SSSR count). The van der Waals surface area contributed by atoms with E-state index in [1.165, 1.54) is 11.1 Å². The third kappa shape index (κ3) is 3.62. The SMILES string of the molecule is CCN(CC(C)C(N)=S)C(=O)C1CCCc2ccccc21. The number of hydrogen-bond donors (Lipinski definition) is 1. The van der Waals surface area contributed by atoms with E-state index in [1.54, 1.807) is 0 Å². The summed E-state index contributed by atoms with van der Waals surface area (Å²) in [4.78, 5) is 15.3. The minimum absolute atomic E-state index is 0.00607. The lowest BCUT2D eigenvalue weighted by Crippen LogP contribution is -2.41. The fourth-order valence-electron chi connectivity index (χ4n) is 3.03. The minimum atomic E-state index is -0.00607. The van der Waals surface area contributed by atoms with E-state index in [0.29, 0.717) is 18.1 Å². The Morgan fingerprint density at radius 1 is 1.48 bits per heavy atom. The third-order valence-corrected chi connectivity index (χ3v) is 4.74. The van der Waals surface area contributed by atoms with Gasteiger partial charge in [-0.25, -0.2) is 0 Å². The molecular formula is C17H24N2OS. The van der Waals surface area contributed by atoms with Crippen LogP contribution in [0.4, 0.5) is 0 Å². The van der Waals surface area contributed by atoms with Crippen LogP contribution >= 0.6 is 12.2 Å². The average molecular weight is 304 g/mol. The Morgan fingerprint density at radius 3 is 2.86 bits per heavy atom. The second-order valence-electron chi connectivity index (χ2n) is 5.82. The van der Waals surface area contributed by atoms with Gasteiger partial charge in [0.05, 0.1) is 10.9 Å². The van der Waals surface area contributed by atoms with Crippen LogP contribution in [0.1, 0.15) is 43.7 Å². The Hall–Kier alpha value is -1.42. The molecule has 0 saturated heterocycles. The molecule has 1 aromatic rings. The average Bonchev–Trinajstić information content (AvgIpc) is 2.51. The molecule has 0 bridgehead atoms. The van der Waals surface area contributed by atoms with Gasteiger partial charge in [-0.2, -0.15) is 0 Å². The van der Waals surface area contributed by atoms with Crippen LogP contribution in [-0.4, -0.2) is 28.9 Å². The highest BCUT2D eigenvalue weighted by molar-refractivity contribution is 7.80. The van der Waals surface area contributed by atoms with Gasteiger partial charge in [-0.15, -0.1) is 0 Å². The number of amides is 1. The van der Waals surface area contributed by atoms with Crippen molar-refractivity contribution in [3.8, 4) is 0 Å². The van der Waals surface area contributed by atoms with Gasteiger partial charge in [0.1, 0.15) is 0 Å². The fraction of sp³-hybridized carbons (Fsp3) is 0.529. The number of rotatable bonds is 5. The molecule has 0 aromatic heterocycles. The van der Waals surface area contributed by atoms with Crippen molar-refractivity contribution in [1.29, 1.82) is 0 Å². The summed E-state index contributed by atoms with van der Waals surface area (Å²) in [7, 11) is 0. The van der Waals surface area contributed by atoms with Crippen molar-refractivity contribution in [3.63, 3.8) is 0 Å². The van der Waals surface area contributed by atoms with Gasteiger partial charge in [-0.05, 0) is 37.3 Å². The molecule has 0 fully saturated rings. The molecule has 21 heavy (non-hydrogen) atoms. The first-order valence-corrected chi connectivity index (χ1v) is 8.11. The maximum absolute atomic E-state index is 12.9. The molecular weight excluding hydrogens is 280 g/mol. The molecule has 1 aromatic carbocycles. The number of likely N-dealkylation sites (N-methyl/N-ethyl adjacent to an activating group) is 1. The standard InChI is InChI=1S/C17H24N2OS/c1-3-19(11-12(2)16(18)21)17(20)15-10-6-8-13-7-4-5-9-14(13)15/h4-5,7,9,12,15H,3,6,8,10-11H2,1-2H3,(H2,18,21). The number of nitrogens with zero attached hydrogens (tertiary/aromatic N) is 1. The molecule has 1 aliphatic rings. The van der Waals surface area contributed by atoms with Gasteiger partial charge in [0.15, 0.2) is 0 Å². The maximum atomic E-state index is 12.9. The molecule has 2 unspecified atom stereocenters. The predicted octanol–water partition coefficient (Wildman–Crippen LogP) is 2.88. The summed E-state index contributed by atoms with van der Waals surface area (Å²) >= 11 is 5.03. The molecule has 1 aliphatic carbocycles. The van der Waals surface area contributed by atoms with Gasteiger partial charge < -0.3 is 10.6 Å². The van der Waals surface area contributed by atoms with Crippen molar-refractivity contribution in [1.82, 2.24) is 4.90 Å². The van der Waals surface area contributed by atoms with Crippen molar-refractivity contribution in [3.05, 3.63) is 35.4 Å². The highest BCUT2D eigenvalue weighted by Crippen LogP contribution is 2.33. The molecule has 0 heterocycles. The lowest BCUT2D eigenvalue weighted by Gasteiger charge is -2.31. The van der Waals surface area contributed by atoms with E-state index >= 15 is 0 Å². The Balaban J connectivity index is 2.17. The zero-order valence-corrected chi connectivity index (χ0v) is 13.7. The van der Waals surface area contributed by atoms with Crippen molar-refractivity contribution >= 4 is 23.1 Å². The summed E-state index contributed by atoms with van der Waals surface area (Å²) in [5.74, 6) is 0.268. The maximum Gasteiger partial charge on any atom is 0.230 e.